The summed E-state index contributed by atoms with van der Waals surface area (Å²) in [6, 6.07) is 66.3. The Labute approximate surface area is 307 Å². The topological polar surface area (TPSA) is 0 Å². The molecule has 50 heavy (non-hydrogen) atoms. The molecule has 0 bridgehead atoms. The molecule has 0 radical (unpaired) electrons. The third-order valence-corrected chi connectivity index (χ3v) is 16.8. The van der Waals surface area contributed by atoms with Gasteiger partial charge in [-0.3, -0.25) is 0 Å². The molecule has 0 amide bonds. The molecule has 0 aliphatic carbocycles. The summed E-state index contributed by atoms with van der Waals surface area (Å²) in [6.45, 7) is 0. The quantitative estimate of drug-likeness (QED) is 0.124. The van der Waals surface area contributed by atoms with Crippen LogP contribution in [0.5, 0.6) is 0 Å². The first-order valence-electron chi connectivity index (χ1n) is 17.6. The van der Waals surface area contributed by atoms with Crippen molar-refractivity contribution in [1.82, 2.24) is 0 Å². The second kappa shape index (κ2) is 12.0. The zero-order valence-corrected chi connectivity index (χ0v) is 35.1. The van der Waals surface area contributed by atoms with Gasteiger partial charge in [0, 0.05) is 0 Å². The van der Waals surface area contributed by atoms with Gasteiger partial charge in [0.05, 0.1) is 0 Å². The summed E-state index contributed by atoms with van der Waals surface area (Å²) >= 11 is -0.471. The maximum absolute atomic E-state index is 2.51. The van der Waals surface area contributed by atoms with E-state index in [0.29, 0.717) is 16.5 Å². The molecule has 234 valence electrons. The normalized spacial score (nSPS) is 12.6. The molecule has 0 spiro atoms. The van der Waals surface area contributed by atoms with E-state index < -0.39 is 15.4 Å². The van der Waals surface area contributed by atoms with Gasteiger partial charge in [0.1, 0.15) is 0 Å². The van der Waals surface area contributed by atoms with E-state index in [9.17, 15) is 0 Å². The van der Waals surface area contributed by atoms with E-state index in [1.165, 1.54) is 92.3 Å². The van der Waals surface area contributed by atoms with Crippen molar-refractivity contribution < 1.29 is 0 Å². The molecule has 10 rings (SSSR count). The first-order chi connectivity index (χ1) is 24.7. The Balaban J connectivity index is 1.35. The molecule has 0 fully saturated rings. The van der Waals surface area contributed by atoms with E-state index in [4.69, 9.17) is 0 Å². The fraction of sp³-hybridized carbons (Fsp3) is 0. The molecule has 0 saturated carbocycles. The average molecular weight is 756 g/mol. The fourth-order valence-electron chi connectivity index (χ4n) is 8.61. The summed E-state index contributed by atoms with van der Waals surface area (Å²) in [5.74, 6) is 0. The van der Waals surface area contributed by atoms with Gasteiger partial charge in [-0.2, -0.15) is 0 Å². The van der Waals surface area contributed by atoms with Crippen molar-refractivity contribution >= 4 is 77.5 Å². The number of rotatable bonds is 4. The first kappa shape index (κ1) is 29.7. The van der Waals surface area contributed by atoms with Crippen molar-refractivity contribution in [3.8, 4) is 55.6 Å². The third-order valence-electron chi connectivity index (χ3n) is 10.9. The molecule has 0 atom stereocenters. The van der Waals surface area contributed by atoms with Gasteiger partial charge in [-0.1, -0.05) is 0 Å². The molecule has 1 heterocycles. The summed E-state index contributed by atoms with van der Waals surface area (Å²) < 4.78 is 4.67. The predicted molar refractivity (Wildman–Crippen MR) is 224 cm³/mol. The number of hydrogen-bond donors (Lipinski definition) is 0. The minimum absolute atomic E-state index is 0.570. The van der Waals surface area contributed by atoms with Crippen LogP contribution in [0, 0.1) is 0 Å². The standard InChI is InChI=1S/C48H34Ge2/c49-44-26-7-5-18-36(44)33-17-4-3-16-32(33)34-20-10-23-39-42(34)29-43-35(38-25-12-28-46-48(38)41-19-6-8-27-45(41)50-46)21-11-24-40(43)47(39)37-22-9-14-30-13-1-2-15-31(30)37/h1-29H,50H2,49H3. The summed E-state index contributed by atoms with van der Waals surface area (Å²) in [5, 5.41) is 7.75. The molecule has 0 nitrogen and oxygen atoms in total. The molecule has 9 aromatic rings. The summed E-state index contributed by atoms with van der Waals surface area (Å²) in [4.78, 5) is 0. The van der Waals surface area contributed by atoms with Crippen molar-refractivity contribution in [2.45, 2.75) is 0 Å². The second-order valence-electron chi connectivity index (χ2n) is 13.6. The van der Waals surface area contributed by atoms with Gasteiger partial charge in [-0.05, 0) is 0 Å². The van der Waals surface area contributed by atoms with Gasteiger partial charge in [0.2, 0.25) is 0 Å². The molecule has 1 aliphatic rings. The van der Waals surface area contributed by atoms with Crippen molar-refractivity contribution in [2.24, 2.45) is 0 Å². The van der Waals surface area contributed by atoms with E-state index in [2.05, 4.69) is 176 Å². The Morgan fingerprint density at radius 2 is 0.780 bits per heavy atom. The Hall–Kier alpha value is -5.15. The fourth-order valence-corrected chi connectivity index (χ4v) is 14.0. The molecule has 0 aromatic heterocycles. The summed E-state index contributed by atoms with van der Waals surface area (Å²) in [7, 11) is 0. The van der Waals surface area contributed by atoms with E-state index in [1.54, 1.807) is 8.79 Å². The molecular weight excluding hydrogens is 722 g/mol. The van der Waals surface area contributed by atoms with Crippen LogP contribution >= 0.6 is 0 Å². The zero-order chi connectivity index (χ0) is 33.2. The average Bonchev–Trinajstić information content (AvgIpc) is 3.56. The van der Waals surface area contributed by atoms with Gasteiger partial charge in [0.15, 0.2) is 0 Å². The van der Waals surface area contributed by atoms with E-state index in [-0.39, 0.29) is 0 Å². The van der Waals surface area contributed by atoms with Crippen LogP contribution in [0.3, 0.4) is 0 Å². The SMILES string of the molecule is [GeH3][c]1ccccc1-c1ccccc1-c1cccc2c(-c3cccc4ccccc34)c3cccc(-c4ccc[c]5c4-c4cccc[c]4[GeH2]5)c3cc12. The van der Waals surface area contributed by atoms with Gasteiger partial charge in [-0.15, -0.1) is 0 Å². The van der Waals surface area contributed by atoms with Crippen LogP contribution in [-0.4, -0.2) is 31.9 Å². The van der Waals surface area contributed by atoms with Crippen LogP contribution in [0.15, 0.2) is 176 Å². The van der Waals surface area contributed by atoms with Crippen LogP contribution < -0.4 is 13.2 Å². The van der Waals surface area contributed by atoms with Crippen molar-refractivity contribution in [1.29, 1.82) is 0 Å². The summed E-state index contributed by atoms with van der Waals surface area (Å²) in [6.07, 6.45) is 0. The Morgan fingerprint density at radius 3 is 1.56 bits per heavy atom. The maximum atomic E-state index is 2.51. The molecule has 2 heteroatoms. The first-order valence-corrected chi connectivity index (χ1v) is 22.6. The van der Waals surface area contributed by atoms with Crippen LogP contribution in [0.2, 0.25) is 0 Å². The molecule has 9 aromatic carbocycles. The van der Waals surface area contributed by atoms with E-state index >= 15 is 0 Å². The molecule has 0 saturated heterocycles. The second-order valence-corrected chi connectivity index (χ2v) is 19.8. The Kier molecular flexibility index (Phi) is 7.15. The summed E-state index contributed by atoms with van der Waals surface area (Å²) in [5.41, 5.74) is 13.4. The Morgan fingerprint density at radius 1 is 0.300 bits per heavy atom. The third kappa shape index (κ3) is 4.66. The Bertz CT molecular complexity index is 2800. The van der Waals surface area contributed by atoms with Gasteiger partial charge >= 0.3 is 309 Å². The molecule has 0 N–H and O–H groups in total. The van der Waals surface area contributed by atoms with Crippen LogP contribution in [0.1, 0.15) is 0 Å². The van der Waals surface area contributed by atoms with Crippen LogP contribution in [0.25, 0.3) is 88.0 Å². The zero-order valence-electron chi connectivity index (χ0n) is 28.0. The minimum atomic E-state index is -1.04. The molecular formula is C48H34Ge2. The number of benzene rings is 9. The van der Waals surface area contributed by atoms with Crippen molar-refractivity contribution in [2.75, 3.05) is 0 Å². The van der Waals surface area contributed by atoms with Gasteiger partial charge < -0.3 is 0 Å². The number of fused-ring (bicyclic) bond motifs is 6. The van der Waals surface area contributed by atoms with Crippen molar-refractivity contribution in [3.05, 3.63) is 176 Å². The monoisotopic (exact) mass is 758 g/mol. The van der Waals surface area contributed by atoms with Crippen molar-refractivity contribution in [3.63, 3.8) is 0 Å². The van der Waals surface area contributed by atoms with Gasteiger partial charge in [-0.25, -0.2) is 0 Å². The van der Waals surface area contributed by atoms with Gasteiger partial charge in [0.25, 0.3) is 0 Å². The van der Waals surface area contributed by atoms with E-state index in [0.717, 1.165) is 0 Å². The van der Waals surface area contributed by atoms with Crippen LogP contribution in [0.4, 0.5) is 0 Å². The molecule has 0 unspecified atom stereocenters. The molecule has 1 aliphatic heterocycles. The predicted octanol–water partition coefficient (Wildman–Crippen LogP) is 8.90. The van der Waals surface area contributed by atoms with Crippen LogP contribution in [-0.2, 0) is 0 Å². The number of hydrogen-bond acceptors (Lipinski definition) is 0. The van der Waals surface area contributed by atoms with E-state index in [1.807, 2.05) is 0 Å².